The minimum absolute atomic E-state index is 0.0513. The van der Waals surface area contributed by atoms with Gasteiger partial charge in [-0.25, -0.2) is 5.84 Å². The van der Waals surface area contributed by atoms with Crippen molar-refractivity contribution < 1.29 is 9.59 Å². The summed E-state index contributed by atoms with van der Waals surface area (Å²) in [6.45, 7) is 3.24. The Morgan fingerprint density at radius 3 is 3.00 bits per heavy atom. The Labute approximate surface area is 77.2 Å². The van der Waals surface area contributed by atoms with Crippen LogP contribution >= 0.6 is 0 Å². The summed E-state index contributed by atoms with van der Waals surface area (Å²) in [5.41, 5.74) is 2.07. The largest absolute Gasteiger partial charge is 0.342 e. The standard InChI is InChI=1S/C8H15N3O2/c1-2-3-11-5-6(4-7(11)12)8(13)10-9/h6H,2-5,9H2,1H3,(H,10,13). The monoisotopic (exact) mass is 185 g/mol. The molecule has 1 unspecified atom stereocenters. The molecule has 1 rings (SSSR count). The van der Waals surface area contributed by atoms with Crippen LogP contribution in [0.25, 0.3) is 0 Å². The summed E-state index contributed by atoms with van der Waals surface area (Å²) in [4.78, 5) is 24.1. The van der Waals surface area contributed by atoms with E-state index in [1.54, 1.807) is 4.90 Å². The van der Waals surface area contributed by atoms with Crippen LogP contribution in [-0.4, -0.2) is 29.8 Å². The summed E-state index contributed by atoms with van der Waals surface area (Å²) in [5.74, 6) is 4.53. The molecule has 1 aliphatic heterocycles. The van der Waals surface area contributed by atoms with Gasteiger partial charge in [-0.3, -0.25) is 15.0 Å². The Morgan fingerprint density at radius 2 is 2.46 bits per heavy atom. The SMILES string of the molecule is CCCN1CC(C(=O)NN)CC1=O. The van der Waals surface area contributed by atoms with Crippen molar-refractivity contribution in [1.82, 2.24) is 10.3 Å². The predicted octanol–water partition coefficient (Wildman–Crippen LogP) is -0.765. The number of hydrazine groups is 1. The summed E-state index contributed by atoms with van der Waals surface area (Å²) in [6, 6.07) is 0. The van der Waals surface area contributed by atoms with Gasteiger partial charge in [0.15, 0.2) is 0 Å². The lowest BCUT2D eigenvalue weighted by atomic mass is 10.1. The number of hydrogen-bond donors (Lipinski definition) is 2. The fourth-order valence-corrected chi connectivity index (χ4v) is 1.55. The van der Waals surface area contributed by atoms with Crippen molar-refractivity contribution >= 4 is 11.8 Å². The first-order valence-electron chi connectivity index (χ1n) is 4.47. The van der Waals surface area contributed by atoms with Gasteiger partial charge in [0.05, 0.1) is 5.92 Å². The molecule has 1 heterocycles. The molecule has 3 N–H and O–H groups in total. The molecule has 0 aromatic rings. The lowest BCUT2D eigenvalue weighted by Gasteiger charge is -2.14. The minimum Gasteiger partial charge on any atom is -0.342 e. The number of nitrogens with zero attached hydrogens (tertiary/aromatic N) is 1. The number of rotatable bonds is 3. The molecule has 0 spiro atoms. The second-order valence-electron chi connectivity index (χ2n) is 3.25. The van der Waals surface area contributed by atoms with Gasteiger partial charge in [-0.15, -0.1) is 0 Å². The first-order chi connectivity index (χ1) is 6.19. The van der Waals surface area contributed by atoms with E-state index in [1.165, 1.54) is 0 Å². The lowest BCUT2D eigenvalue weighted by molar-refractivity contribution is -0.129. The number of amides is 2. The Kier molecular flexibility index (Phi) is 3.25. The van der Waals surface area contributed by atoms with Crippen molar-refractivity contribution in [3.05, 3.63) is 0 Å². The summed E-state index contributed by atoms with van der Waals surface area (Å²) < 4.78 is 0. The molecule has 0 saturated carbocycles. The Bertz CT molecular complexity index is 217. The van der Waals surface area contributed by atoms with Gasteiger partial charge >= 0.3 is 0 Å². The Balaban J connectivity index is 2.49. The van der Waals surface area contributed by atoms with E-state index in [1.807, 2.05) is 6.92 Å². The van der Waals surface area contributed by atoms with Crippen molar-refractivity contribution in [3.8, 4) is 0 Å². The molecule has 1 atom stereocenters. The van der Waals surface area contributed by atoms with Gasteiger partial charge in [-0.2, -0.15) is 0 Å². The molecule has 1 fully saturated rings. The van der Waals surface area contributed by atoms with E-state index in [4.69, 9.17) is 5.84 Å². The highest BCUT2D eigenvalue weighted by Gasteiger charge is 2.33. The average Bonchev–Trinajstić information content (AvgIpc) is 2.47. The highest BCUT2D eigenvalue weighted by molar-refractivity contribution is 5.88. The second kappa shape index (κ2) is 4.23. The topological polar surface area (TPSA) is 75.4 Å². The third-order valence-electron chi connectivity index (χ3n) is 2.22. The number of carbonyl (C=O) groups is 2. The molecule has 74 valence electrons. The van der Waals surface area contributed by atoms with Gasteiger partial charge in [-0.05, 0) is 6.42 Å². The van der Waals surface area contributed by atoms with Crippen LogP contribution in [-0.2, 0) is 9.59 Å². The number of nitrogens with one attached hydrogen (secondary N) is 1. The van der Waals surface area contributed by atoms with Crippen LogP contribution < -0.4 is 11.3 Å². The van der Waals surface area contributed by atoms with Crippen LogP contribution in [0.5, 0.6) is 0 Å². The second-order valence-corrected chi connectivity index (χ2v) is 3.25. The van der Waals surface area contributed by atoms with Gasteiger partial charge in [0.1, 0.15) is 0 Å². The third kappa shape index (κ3) is 2.18. The molecule has 5 nitrogen and oxygen atoms in total. The summed E-state index contributed by atoms with van der Waals surface area (Å²) in [7, 11) is 0. The van der Waals surface area contributed by atoms with E-state index in [-0.39, 0.29) is 17.7 Å². The summed E-state index contributed by atoms with van der Waals surface area (Å²) >= 11 is 0. The van der Waals surface area contributed by atoms with Crippen LogP contribution in [0.4, 0.5) is 0 Å². The summed E-state index contributed by atoms with van der Waals surface area (Å²) in [6.07, 6.45) is 1.21. The van der Waals surface area contributed by atoms with E-state index in [9.17, 15) is 9.59 Å². The zero-order valence-corrected chi connectivity index (χ0v) is 7.75. The molecular formula is C8H15N3O2. The maximum absolute atomic E-state index is 11.3. The molecule has 1 aliphatic rings. The van der Waals surface area contributed by atoms with E-state index >= 15 is 0 Å². The highest BCUT2D eigenvalue weighted by Crippen LogP contribution is 2.17. The molecule has 2 amide bonds. The van der Waals surface area contributed by atoms with Gasteiger partial charge in [0.25, 0.3) is 0 Å². The van der Waals surface area contributed by atoms with Gasteiger partial charge in [0, 0.05) is 19.5 Å². The fraction of sp³-hybridized carbons (Fsp3) is 0.750. The third-order valence-corrected chi connectivity index (χ3v) is 2.22. The van der Waals surface area contributed by atoms with E-state index < -0.39 is 0 Å². The molecular weight excluding hydrogens is 170 g/mol. The quantitative estimate of drug-likeness (QED) is 0.344. The Hall–Kier alpha value is -1.10. The maximum atomic E-state index is 11.3. The minimum atomic E-state index is -0.260. The van der Waals surface area contributed by atoms with Crippen molar-refractivity contribution in [2.75, 3.05) is 13.1 Å². The van der Waals surface area contributed by atoms with Crippen molar-refractivity contribution in [3.63, 3.8) is 0 Å². The molecule has 1 saturated heterocycles. The molecule has 0 aromatic carbocycles. The number of nitrogens with two attached hydrogens (primary N) is 1. The van der Waals surface area contributed by atoms with Crippen LogP contribution in [0.3, 0.4) is 0 Å². The predicted molar refractivity (Wildman–Crippen MR) is 47.3 cm³/mol. The van der Waals surface area contributed by atoms with E-state index in [0.717, 1.165) is 13.0 Å². The van der Waals surface area contributed by atoms with Crippen LogP contribution in [0.1, 0.15) is 19.8 Å². The highest BCUT2D eigenvalue weighted by atomic mass is 16.2. The van der Waals surface area contributed by atoms with E-state index in [0.29, 0.717) is 13.0 Å². The molecule has 13 heavy (non-hydrogen) atoms. The zero-order valence-electron chi connectivity index (χ0n) is 7.75. The van der Waals surface area contributed by atoms with Gasteiger partial charge in [-0.1, -0.05) is 6.92 Å². The van der Waals surface area contributed by atoms with E-state index in [2.05, 4.69) is 5.43 Å². The normalized spacial score (nSPS) is 22.2. The number of hydrogen-bond acceptors (Lipinski definition) is 3. The van der Waals surface area contributed by atoms with Crippen LogP contribution in [0, 0.1) is 5.92 Å². The van der Waals surface area contributed by atoms with Crippen molar-refractivity contribution in [2.24, 2.45) is 11.8 Å². The molecule has 0 radical (unpaired) electrons. The molecule has 0 aliphatic carbocycles. The zero-order chi connectivity index (χ0) is 9.84. The van der Waals surface area contributed by atoms with Crippen LogP contribution in [0.15, 0.2) is 0 Å². The Morgan fingerprint density at radius 1 is 1.77 bits per heavy atom. The number of carbonyl (C=O) groups excluding carboxylic acids is 2. The molecule has 0 aromatic heterocycles. The average molecular weight is 185 g/mol. The molecule has 0 bridgehead atoms. The first kappa shape index (κ1) is 9.98. The first-order valence-corrected chi connectivity index (χ1v) is 4.47. The van der Waals surface area contributed by atoms with Gasteiger partial charge < -0.3 is 4.90 Å². The van der Waals surface area contributed by atoms with Crippen molar-refractivity contribution in [1.29, 1.82) is 0 Å². The fourth-order valence-electron chi connectivity index (χ4n) is 1.55. The lowest BCUT2D eigenvalue weighted by Crippen LogP contribution is -2.37. The van der Waals surface area contributed by atoms with Gasteiger partial charge in [0.2, 0.25) is 11.8 Å². The van der Waals surface area contributed by atoms with Crippen molar-refractivity contribution in [2.45, 2.75) is 19.8 Å². The van der Waals surface area contributed by atoms with Crippen LogP contribution in [0.2, 0.25) is 0 Å². The molecule has 5 heteroatoms. The maximum Gasteiger partial charge on any atom is 0.239 e. The number of likely N-dealkylation sites (tertiary alicyclic amines) is 1. The summed E-state index contributed by atoms with van der Waals surface area (Å²) in [5, 5.41) is 0. The smallest absolute Gasteiger partial charge is 0.239 e.